The van der Waals surface area contributed by atoms with Crippen molar-refractivity contribution in [3.8, 4) is 0 Å². The molecule has 0 aliphatic carbocycles. The van der Waals surface area contributed by atoms with Crippen molar-refractivity contribution < 1.29 is 14.3 Å². The van der Waals surface area contributed by atoms with Crippen molar-refractivity contribution in [2.45, 2.75) is 0 Å². The third-order valence-electron chi connectivity index (χ3n) is 2.56. The normalized spacial score (nSPS) is 9.90. The van der Waals surface area contributed by atoms with Crippen LogP contribution >= 0.6 is 15.9 Å². The molecule has 102 valence electrons. The molecule has 0 bridgehead atoms. The van der Waals surface area contributed by atoms with Gasteiger partial charge in [-0.05, 0) is 30.3 Å². The van der Waals surface area contributed by atoms with E-state index in [4.69, 9.17) is 4.74 Å². The van der Waals surface area contributed by atoms with Crippen molar-refractivity contribution in [3.63, 3.8) is 0 Å². The number of nitrogens with zero attached hydrogens (tertiary/aromatic N) is 1. The standard InChI is InChI=1S/C14H11BrN2O3/c1-20-14(19)11-7-10(15)4-5-12(11)17-13(18)9-3-2-6-16-8-9/h2-8H,1H3,(H,17,18). The first-order valence-electron chi connectivity index (χ1n) is 5.71. The van der Waals surface area contributed by atoms with Crippen LogP contribution in [0.5, 0.6) is 0 Å². The second-order valence-corrected chi connectivity index (χ2v) is 4.79. The summed E-state index contributed by atoms with van der Waals surface area (Å²) in [5.41, 5.74) is 1.07. The van der Waals surface area contributed by atoms with Gasteiger partial charge in [-0.2, -0.15) is 0 Å². The van der Waals surface area contributed by atoms with E-state index in [0.717, 1.165) is 4.47 Å². The van der Waals surface area contributed by atoms with Gasteiger partial charge in [-0.1, -0.05) is 15.9 Å². The number of hydrogen-bond donors (Lipinski definition) is 1. The number of benzene rings is 1. The number of hydrogen-bond acceptors (Lipinski definition) is 4. The summed E-state index contributed by atoms with van der Waals surface area (Å²) < 4.78 is 5.42. The van der Waals surface area contributed by atoms with Gasteiger partial charge in [0.2, 0.25) is 0 Å². The average Bonchev–Trinajstić information content (AvgIpc) is 2.49. The summed E-state index contributed by atoms with van der Waals surface area (Å²) in [7, 11) is 1.29. The molecule has 0 spiro atoms. The highest BCUT2D eigenvalue weighted by molar-refractivity contribution is 9.10. The van der Waals surface area contributed by atoms with E-state index in [9.17, 15) is 9.59 Å². The van der Waals surface area contributed by atoms with Crippen LogP contribution in [0.3, 0.4) is 0 Å². The van der Waals surface area contributed by atoms with Gasteiger partial charge in [0.1, 0.15) is 0 Å². The molecule has 0 unspecified atom stereocenters. The van der Waals surface area contributed by atoms with E-state index in [1.165, 1.54) is 13.3 Å². The number of rotatable bonds is 3. The molecule has 2 aromatic rings. The molecule has 0 aliphatic rings. The lowest BCUT2D eigenvalue weighted by Gasteiger charge is -2.10. The Balaban J connectivity index is 2.30. The molecule has 2 rings (SSSR count). The summed E-state index contributed by atoms with van der Waals surface area (Å²) in [6.45, 7) is 0. The Kier molecular flexibility index (Phi) is 4.47. The molecule has 1 aromatic carbocycles. The van der Waals surface area contributed by atoms with E-state index < -0.39 is 5.97 Å². The summed E-state index contributed by atoms with van der Waals surface area (Å²) in [5.74, 6) is -0.863. The molecule has 0 saturated carbocycles. The van der Waals surface area contributed by atoms with Gasteiger partial charge in [0.05, 0.1) is 23.9 Å². The van der Waals surface area contributed by atoms with Gasteiger partial charge < -0.3 is 10.1 Å². The fourth-order valence-corrected chi connectivity index (χ4v) is 1.96. The van der Waals surface area contributed by atoms with Crippen LogP contribution in [-0.4, -0.2) is 24.0 Å². The van der Waals surface area contributed by atoms with Crippen molar-refractivity contribution in [1.29, 1.82) is 0 Å². The highest BCUT2D eigenvalue weighted by Crippen LogP contribution is 2.22. The van der Waals surface area contributed by atoms with Crippen LogP contribution in [0.25, 0.3) is 0 Å². The zero-order valence-electron chi connectivity index (χ0n) is 10.6. The number of esters is 1. The molecular formula is C14H11BrN2O3. The van der Waals surface area contributed by atoms with E-state index in [-0.39, 0.29) is 11.5 Å². The minimum atomic E-state index is -0.521. The lowest BCUT2D eigenvalue weighted by molar-refractivity contribution is 0.0602. The third-order valence-corrected chi connectivity index (χ3v) is 3.05. The Morgan fingerprint density at radius 1 is 1.30 bits per heavy atom. The van der Waals surface area contributed by atoms with Crippen LogP contribution in [0, 0.1) is 0 Å². The van der Waals surface area contributed by atoms with Gasteiger partial charge in [-0.15, -0.1) is 0 Å². The third kappa shape index (κ3) is 3.21. The van der Waals surface area contributed by atoms with Crippen molar-refractivity contribution in [3.05, 3.63) is 58.3 Å². The van der Waals surface area contributed by atoms with Crippen LogP contribution in [0.15, 0.2) is 47.2 Å². The first-order chi connectivity index (χ1) is 9.61. The Morgan fingerprint density at radius 3 is 2.75 bits per heavy atom. The fraction of sp³-hybridized carbons (Fsp3) is 0.0714. The average molecular weight is 335 g/mol. The summed E-state index contributed by atoms with van der Waals surface area (Å²) >= 11 is 3.27. The Hall–Kier alpha value is -2.21. The number of pyridine rings is 1. The van der Waals surface area contributed by atoms with Crippen molar-refractivity contribution in [2.75, 3.05) is 12.4 Å². The van der Waals surface area contributed by atoms with Gasteiger partial charge in [-0.25, -0.2) is 4.79 Å². The zero-order valence-corrected chi connectivity index (χ0v) is 12.2. The van der Waals surface area contributed by atoms with Gasteiger partial charge >= 0.3 is 5.97 Å². The van der Waals surface area contributed by atoms with E-state index in [2.05, 4.69) is 26.2 Å². The molecule has 5 nitrogen and oxygen atoms in total. The molecular weight excluding hydrogens is 324 g/mol. The quantitative estimate of drug-likeness (QED) is 0.876. The molecule has 20 heavy (non-hydrogen) atoms. The second kappa shape index (κ2) is 6.29. The number of halogens is 1. The molecule has 0 atom stereocenters. The zero-order chi connectivity index (χ0) is 14.5. The van der Waals surface area contributed by atoms with E-state index in [1.807, 2.05) is 0 Å². The number of ether oxygens (including phenoxy) is 1. The van der Waals surface area contributed by atoms with Crippen LogP contribution in [-0.2, 0) is 4.74 Å². The minimum Gasteiger partial charge on any atom is -0.465 e. The van der Waals surface area contributed by atoms with Crippen molar-refractivity contribution in [2.24, 2.45) is 0 Å². The molecule has 0 saturated heterocycles. The molecule has 1 N–H and O–H groups in total. The fourth-order valence-electron chi connectivity index (χ4n) is 1.60. The maximum absolute atomic E-state index is 12.0. The topological polar surface area (TPSA) is 68.3 Å². The Labute approximate surface area is 124 Å². The minimum absolute atomic E-state index is 0.277. The maximum Gasteiger partial charge on any atom is 0.340 e. The molecule has 1 aromatic heterocycles. The smallest absolute Gasteiger partial charge is 0.340 e. The molecule has 0 aliphatic heterocycles. The summed E-state index contributed by atoms with van der Waals surface area (Å²) in [6, 6.07) is 8.25. The van der Waals surface area contributed by atoms with E-state index >= 15 is 0 Å². The van der Waals surface area contributed by atoms with Gasteiger partial charge in [0.25, 0.3) is 5.91 Å². The lowest BCUT2D eigenvalue weighted by atomic mass is 10.1. The summed E-state index contributed by atoms with van der Waals surface area (Å²) in [6.07, 6.45) is 3.03. The predicted octanol–water partition coefficient (Wildman–Crippen LogP) is 2.88. The van der Waals surface area contributed by atoms with E-state index in [0.29, 0.717) is 11.3 Å². The van der Waals surface area contributed by atoms with Gasteiger partial charge in [-0.3, -0.25) is 9.78 Å². The first-order valence-corrected chi connectivity index (χ1v) is 6.50. The molecule has 1 amide bonds. The first kappa shape index (κ1) is 14.2. The number of methoxy groups -OCH3 is 1. The Bertz CT molecular complexity index is 644. The Morgan fingerprint density at radius 2 is 2.10 bits per heavy atom. The summed E-state index contributed by atoms with van der Waals surface area (Å²) in [4.78, 5) is 27.6. The SMILES string of the molecule is COC(=O)c1cc(Br)ccc1NC(=O)c1cccnc1. The largest absolute Gasteiger partial charge is 0.465 e. The van der Waals surface area contributed by atoms with Crippen molar-refractivity contribution in [1.82, 2.24) is 4.98 Å². The van der Waals surface area contributed by atoms with E-state index in [1.54, 1.807) is 36.5 Å². The number of anilines is 1. The van der Waals surface area contributed by atoms with Crippen molar-refractivity contribution >= 4 is 33.5 Å². The number of carbonyl (C=O) groups is 2. The monoisotopic (exact) mass is 334 g/mol. The van der Waals surface area contributed by atoms with Crippen LogP contribution in [0.2, 0.25) is 0 Å². The highest BCUT2D eigenvalue weighted by atomic mass is 79.9. The number of carbonyl (C=O) groups excluding carboxylic acids is 2. The van der Waals surface area contributed by atoms with Gasteiger partial charge in [0.15, 0.2) is 0 Å². The maximum atomic E-state index is 12.0. The lowest BCUT2D eigenvalue weighted by Crippen LogP contribution is -2.15. The number of aromatic nitrogens is 1. The number of nitrogens with one attached hydrogen (secondary N) is 1. The molecule has 6 heteroatoms. The molecule has 1 heterocycles. The predicted molar refractivity (Wildman–Crippen MR) is 77.7 cm³/mol. The van der Waals surface area contributed by atoms with Crippen LogP contribution in [0.4, 0.5) is 5.69 Å². The van der Waals surface area contributed by atoms with Crippen LogP contribution in [0.1, 0.15) is 20.7 Å². The summed E-state index contributed by atoms with van der Waals surface area (Å²) in [5, 5.41) is 2.67. The van der Waals surface area contributed by atoms with Crippen LogP contribution < -0.4 is 5.32 Å². The highest BCUT2D eigenvalue weighted by Gasteiger charge is 2.15. The number of amides is 1. The second-order valence-electron chi connectivity index (χ2n) is 3.88. The van der Waals surface area contributed by atoms with Gasteiger partial charge in [0, 0.05) is 16.9 Å². The molecule has 0 fully saturated rings. The molecule has 0 radical (unpaired) electrons.